The lowest BCUT2D eigenvalue weighted by molar-refractivity contribution is -0.120. The molecule has 0 spiro atoms. The maximum absolute atomic E-state index is 12.9. The van der Waals surface area contributed by atoms with Gasteiger partial charge in [-0.15, -0.1) is 0 Å². The fourth-order valence-corrected chi connectivity index (χ4v) is 1.61. The zero-order chi connectivity index (χ0) is 12.7. The third-order valence-corrected chi connectivity index (χ3v) is 2.41. The summed E-state index contributed by atoms with van der Waals surface area (Å²) >= 11 is 0. The summed E-state index contributed by atoms with van der Waals surface area (Å²) in [5, 5.41) is 5.75. The highest BCUT2D eigenvalue weighted by atomic mass is 19.1. The summed E-state index contributed by atoms with van der Waals surface area (Å²) in [6.45, 7) is 4.22. The Bertz CT molecular complexity index is 368. The first-order valence-electron chi connectivity index (χ1n) is 5.90. The van der Waals surface area contributed by atoms with E-state index in [1.807, 2.05) is 6.92 Å². The minimum Gasteiger partial charge on any atom is -0.376 e. The summed E-state index contributed by atoms with van der Waals surface area (Å²) < 4.78 is 12.9. The summed E-state index contributed by atoms with van der Waals surface area (Å²) in [6, 6.07) is 6.25. The molecule has 0 bridgehead atoms. The predicted molar refractivity (Wildman–Crippen MR) is 67.4 cm³/mol. The molecule has 1 rings (SSSR count). The molecule has 1 amide bonds. The van der Waals surface area contributed by atoms with E-state index in [0.717, 1.165) is 12.8 Å². The minimum absolute atomic E-state index is 0.0739. The van der Waals surface area contributed by atoms with Gasteiger partial charge in [-0.25, -0.2) is 4.39 Å². The number of nitrogens with one attached hydrogen (secondary N) is 2. The Morgan fingerprint density at radius 3 is 2.88 bits per heavy atom. The van der Waals surface area contributed by atoms with Crippen LogP contribution < -0.4 is 10.6 Å². The maximum atomic E-state index is 12.9. The van der Waals surface area contributed by atoms with Crippen LogP contribution in [0.4, 0.5) is 10.1 Å². The van der Waals surface area contributed by atoms with Crippen molar-refractivity contribution in [2.24, 2.45) is 0 Å². The summed E-state index contributed by atoms with van der Waals surface area (Å²) in [7, 11) is 0. The van der Waals surface area contributed by atoms with Gasteiger partial charge in [0, 0.05) is 11.7 Å². The van der Waals surface area contributed by atoms with Crippen LogP contribution in [-0.2, 0) is 4.79 Å². The molecular formula is C13H19FN2O. The van der Waals surface area contributed by atoms with Crippen LogP contribution in [-0.4, -0.2) is 18.5 Å². The van der Waals surface area contributed by atoms with E-state index >= 15 is 0 Å². The number of carbonyl (C=O) groups excluding carboxylic acids is 1. The summed E-state index contributed by atoms with van der Waals surface area (Å²) in [5.74, 6) is -0.384. The average molecular weight is 238 g/mol. The molecule has 2 N–H and O–H groups in total. The number of benzene rings is 1. The molecule has 1 aromatic rings. The first kappa shape index (κ1) is 13.5. The van der Waals surface area contributed by atoms with Crippen LogP contribution in [0.2, 0.25) is 0 Å². The van der Waals surface area contributed by atoms with Gasteiger partial charge >= 0.3 is 0 Å². The van der Waals surface area contributed by atoms with E-state index in [2.05, 4.69) is 17.6 Å². The number of amides is 1. The number of anilines is 1. The van der Waals surface area contributed by atoms with Gasteiger partial charge in [-0.2, -0.15) is 0 Å². The van der Waals surface area contributed by atoms with Crippen LogP contribution >= 0.6 is 0 Å². The topological polar surface area (TPSA) is 41.1 Å². The summed E-state index contributed by atoms with van der Waals surface area (Å²) in [5.41, 5.74) is 0.614. The van der Waals surface area contributed by atoms with Gasteiger partial charge in [0.25, 0.3) is 0 Å². The molecule has 0 radical (unpaired) electrons. The van der Waals surface area contributed by atoms with Crippen molar-refractivity contribution in [3.63, 3.8) is 0 Å². The molecule has 94 valence electrons. The Kier molecular flexibility index (Phi) is 5.46. The molecular weight excluding hydrogens is 219 g/mol. The van der Waals surface area contributed by atoms with Crippen LogP contribution in [0, 0.1) is 5.82 Å². The van der Waals surface area contributed by atoms with Gasteiger partial charge in [0.05, 0.1) is 6.54 Å². The summed E-state index contributed by atoms with van der Waals surface area (Å²) in [4.78, 5) is 11.5. The summed E-state index contributed by atoms with van der Waals surface area (Å²) in [6.07, 6.45) is 2.00. The fourth-order valence-electron chi connectivity index (χ4n) is 1.61. The Morgan fingerprint density at radius 1 is 1.47 bits per heavy atom. The van der Waals surface area contributed by atoms with Gasteiger partial charge in [0.2, 0.25) is 5.91 Å². The number of hydrogen-bond acceptors (Lipinski definition) is 2. The van der Waals surface area contributed by atoms with Crippen molar-refractivity contribution in [2.45, 2.75) is 32.7 Å². The van der Waals surface area contributed by atoms with E-state index in [1.54, 1.807) is 12.1 Å². The van der Waals surface area contributed by atoms with Crippen molar-refractivity contribution in [3.05, 3.63) is 30.1 Å². The molecule has 1 atom stereocenters. The first-order chi connectivity index (χ1) is 8.11. The fraction of sp³-hybridized carbons (Fsp3) is 0.462. The van der Waals surface area contributed by atoms with Crippen LogP contribution in [0.25, 0.3) is 0 Å². The number of rotatable bonds is 6. The molecule has 0 aliphatic rings. The predicted octanol–water partition coefficient (Wildman–Crippen LogP) is 2.54. The molecule has 0 fully saturated rings. The van der Waals surface area contributed by atoms with Crippen molar-refractivity contribution >= 4 is 11.6 Å². The van der Waals surface area contributed by atoms with Gasteiger partial charge in [-0.1, -0.05) is 19.4 Å². The minimum atomic E-state index is -0.310. The van der Waals surface area contributed by atoms with Crippen molar-refractivity contribution in [3.8, 4) is 0 Å². The van der Waals surface area contributed by atoms with E-state index in [1.165, 1.54) is 12.1 Å². The molecule has 0 aliphatic carbocycles. The Hall–Kier alpha value is -1.58. The van der Waals surface area contributed by atoms with E-state index in [-0.39, 0.29) is 24.3 Å². The lowest BCUT2D eigenvalue weighted by Crippen LogP contribution is -2.36. The first-order valence-corrected chi connectivity index (χ1v) is 5.90. The van der Waals surface area contributed by atoms with E-state index in [4.69, 9.17) is 0 Å². The van der Waals surface area contributed by atoms with Crippen LogP contribution in [0.3, 0.4) is 0 Å². The number of carbonyl (C=O) groups is 1. The van der Waals surface area contributed by atoms with Gasteiger partial charge < -0.3 is 10.6 Å². The van der Waals surface area contributed by atoms with E-state index < -0.39 is 0 Å². The van der Waals surface area contributed by atoms with Crippen LogP contribution in [0.1, 0.15) is 26.7 Å². The van der Waals surface area contributed by atoms with Crippen LogP contribution in [0.5, 0.6) is 0 Å². The van der Waals surface area contributed by atoms with Crippen molar-refractivity contribution in [2.75, 3.05) is 11.9 Å². The van der Waals surface area contributed by atoms with Crippen molar-refractivity contribution < 1.29 is 9.18 Å². The highest BCUT2D eigenvalue weighted by molar-refractivity contribution is 5.80. The maximum Gasteiger partial charge on any atom is 0.239 e. The van der Waals surface area contributed by atoms with Gasteiger partial charge in [0.15, 0.2) is 0 Å². The second-order valence-electron chi connectivity index (χ2n) is 4.12. The standard InChI is InChI=1S/C13H19FN2O/c1-3-5-10(2)16-13(17)9-15-12-7-4-6-11(14)8-12/h4,6-8,10,15H,3,5,9H2,1-2H3,(H,16,17). The molecule has 3 nitrogen and oxygen atoms in total. The quantitative estimate of drug-likeness (QED) is 0.799. The van der Waals surface area contributed by atoms with E-state index in [0.29, 0.717) is 5.69 Å². The molecule has 0 saturated carbocycles. The molecule has 0 aromatic heterocycles. The Morgan fingerprint density at radius 2 is 2.24 bits per heavy atom. The second kappa shape index (κ2) is 6.89. The SMILES string of the molecule is CCCC(C)NC(=O)CNc1cccc(F)c1. The lowest BCUT2D eigenvalue weighted by atomic mass is 10.2. The Balaban J connectivity index is 2.33. The monoisotopic (exact) mass is 238 g/mol. The largest absolute Gasteiger partial charge is 0.376 e. The molecule has 0 saturated heterocycles. The van der Waals surface area contributed by atoms with Crippen molar-refractivity contribution in [1.82, 2.24) is 5.32 Å². The van der Waals surface area contributed by atoms with E-state index in [9.17, 15) is 9.18 Å². The lowest BCUT2D eigenvalue weighted by Gasteiger charge is -2.13. The normalized spacial score (nSPS) is 11.9. The number of halogens is 1. The zero-order valence-electron chi connectivity index (χ0n) is 10.3. The zero-order valence-corrected chi connectivity index (χ0v) is 10.3. The molecule has 17 heavy (non-hydrogen) atoms. The highest BCUT2D eigenvalue weighted by Gasteiger charge is 2.05. The Labute approximate surface area is 101 Å². The molecule has 1 aromatic carbocycles. The van der Waals surface area contributed by atoms with Crippen molar-refractivity contribution in [1.29, 1.82) is 0 Å². The average Bonchev–Trinajstić information content (AvgIpc) is 2.27. The smallest absolute Gasteiger partial charge is 0.239 e. The third-order valence-electron chi connectivity index (χ3n) is 2.41. The molecule has 4 heteroatoms. The molecule has 0 aliphatic heterocycles. The second-order valence-corrected chi connectivity index (χ2v) is 4.12. The van der Waals surface area contributed by atoms with Crippen LogP contribution in [0.15, 0.2) is 24.3 Å². The van der Waals surface area contributed by atoms with Gasteiger partial charge in [-0.05, 0) is 31.5 Å². The number of hydrogen-bond donors (Lipinski definition) is 2. The molecule has 0 heterocycles. The van der Waals surface area contributed by atoms with Gasteiger partial charge in [0.1, 0.15) is 5.82 Å². The third kappa shape index (κ3) is 5.33. The van der Waals surface area contributed by atoms with Gasteiger partial charge in [-0.3, -0.25) is 4.79 Å². The molecule has 1 unspecified atom stereocenters. The highest BCUT2D eigenvalue weighted by Crippen LogP contribution is 2.08.